The third-order valence-corrected chi connectivity index (χ3v) is 6.11. The normalized spacial score (nSPS) is 11.7. The van der Waals surface area contributed by atoms with Gasteiger partial charge < -0.3 is 0 Å². The van der Waals surface area contributed by atoms with Crippen LogP contribution in [0.1, 0.15) is 5.56 Å². The number of sulfone groups is 1. The van der Waals surface area contributed by atoms with E-state index in [1.165, 1.54) is 0 Å². The summed E-state index contributed by atoms with van der Waals surface area (Å²) in [6.45, 7) is 0. The molecule has 0 aliphatic carbocycles. The van der Waals surface area contributed by atoms with Gasteiger partial charge in [-0.15, -0.1) is 0 Å². The Hall–Kier alpha value is -1.17. The molecule has 0 unspecified atom stereocenters. The Balaban J connectivity index is 1.97. The number of fused-ring (bicyclic) bond motifs is 1. The summed E-state index contributed by atoms with van der Waals surface area (Å²) < 4.78 is 27.1. The van der Waals surface area contributed by atoms with Gasteiger partial charge in [-0.05, 0) is 52.7 Å². The van der Waals surface area contributed by atoms with E-state index in [1.54, 1.807) is 12.1 Å². The minimum atomic E-state index is -3.35. The zero-order chi connectivity index (χ0) is 15.7. The van der Waals surface area contributed by atoms with Gasteiger partial charge >= 0.3 is 0 Å². The Labute approximate surface area is 146 Å². The van der Waals surface area contributed by atoms with Crippen LogP contribution in [0.2, 0.25) is 0 Å². The van der Waals surface area contributed by atoms with Crippen LogP contribution in [0.25, 0.3) is 10.8 Å². The van der Waals surface area contributed by atoms with Crippen molar-refractivity contribution >= 4 is 52.5 Å². The maximum absolute atomic E-state index is 12.6. The lowest BCUT2D eigenvalue weighted by Crippen LogP contribution is -2.04. The van der Waals surface area contributed by atoms with Crippen LogP contribution < -0.4 is 0 Å². The molecule has 0 radical (unpaired) electrons. The maximum Gasteiger partial charge on any atom is 0.182 e. The highest BCUT2D eigenvalue weighted by Gasteiger charge is 2.15. The fraction of sp³-hybridized carbons (Fsp3) is 0.0588. The quantitative estimate of drug-likeness (QED) is 0.552. The SMILES string of the molecule is O=S(=O)(Cc1ccc(Br)cc1)c1ccc2cc(Br)ccc2c1. The van der Waals surface area contributed by atoms with Gasteiger partial charge in [-0.25, -0.2) is 8.42 Å². The molecule has 0 amide bonds. The van der Waals surface area contributed by atoms with Crippen molar-refractivity contribution in [3.05, 3.63) is 75.2 Å². The molecule has 0 spiro atoms. The molecule has 3 rings (SSSR count). The monoisotopic (exact) mass is 438 g/mol. The molecule has 0 saturated heterocycles. The Bertz CT molecular complexity index is 933. The fourth-order valence-electron chi connectivity index (χ4n) is 2.27. The highest BCUT2D eigenvalue weighted by atomic mass is 79.9. The van der Waals surface area contributed by atoms with Gasteiger partial charge in [0.05, 0.1) is 10.6 Å². The van der Waals surface area contributed by atoms with Gasteiger partial charge in [0.1, 0.15) is 0 Å². The van der Waals surface area contributed by atoms with Gasteiger partial charge in [-0.1, -0.05) is 56.1 Å². The summed E-state index contributed by atoms with van der Waals surface area (Å²) in [4.78, 5) is 0.352. The minimum Gasteiger partial charge on any atom is -0.223 e. The first-order chi connectivity index (χ1) is 10.4. The number of halogens is 2. The predicted octanol–water partition coefficient (Wildman–Crippen LogP) is 5.34. The summed E-state index contributed by atoms with van der Waals surface area (Å²) in [7, 11) is -3.35. The van der Waals surface area contributed by atoms with Crippen LogP contribution in [0, 0.1) is 0 Å². The lowest BCUT2D eigenvalue weighted by Gasteiger charge is -2.07. The molecular formula is C17H12Br2O2S. The molecule has 3 aromatic carbocycles. The second-order valence-electron chi connectivity index (χ2n) is 5.04. The molecule has 22 heavy (non-hydrogen) atoms. The third-order valence-electron chi connectivity index (χ3n) is 3.40. The van der Waals surface area contributed by atoms with Crippen molar-refractivity contribution in [2.75, 3.05) is 0 Å². The van der Waals surface area contributed by atoms with Gasteiger partial charge in [-0.2, -0.15) is 0 Å². The van der Waals surface area contributed by atoms with Crippen molar-refractivity contribution in [2.24, 2.45) is 0 Å². The molecule has 0 N–H and O–H groups in total. The van der Waals surface area contributed by atoms with Crippen LogP contribution in [0.15, 0.2) is 74.5 Å². The van der Waals surface area contributed by atoms with E-state index in [4.69, 9.17) is 0 Å². The topological polar surface area (TPSA) is 34.1 Å². The fourth-order valence-corrected chi connectivity index (χ4v) is 4.29. The standard InChI is InChI=1S/C17H12Br2O2S/c18-15-5-1-12(2-6-15)11-22(20,21)17-8-4-13-9-16(19)7-3-14(13)10-17/h1-10H,11H2. The molecule has 2 nitrogen and oxygen atoms in total. The van der Waals surface area contributed by atoms with Gasteiger partial charge in [0.2, 0.25) is 0 Å². The number of hydrogen-bond acceptors (Lipinski definition) is 2. The van der Waals surface area contributed by atoms with Crippen molar-refractivity contribution < 1.29 is 8.42 Å². The Morgan fingerprint density at radius 1 is 0.727 bits per heavy atom. The summed E-state index contributed by atoms with van der Waals surface area (Å²) in [5.41, 5.74) is 0.777. The maximum atomic E-state index is 12.6. The number of benzene rings is 3. The van der Waals surface area contributed by atoms with E-state index in [0.717, 1.165) is 25.3 Å². The molecular weight excluding hydrogens is 428 g/mol. The van der Waals surface area contributed by atoms with Gasteiger partial charge in [0, 0.05) is 8.95 Å². The van der Waals surface area contributed by atoms with Crippen molar-refractivity contribution in [2.45, 2.75) is 10.6 Å². The highest BCUT2D eigenvalue weighted by molar-refractivity contribution is 9.10. The van der Waals surface area contributed by atoms with Gasteiger partial charge in [-0.3, -0.25) is 0 Å². The first-order valence-corrected chi connectivity index (χ1v) is 9.84. The largest absolute Gasteiger partial charge is 0.223 e. The second kappa shape index (κ2) is 6.14. The van der Waals surface area contributed by atoms with E-state index < -0.39 is 9.84 Å². The lowest BCUT2D eigenvalue weighted by atomic mass is 10.1. The number of hydrogen-bond donors (Lipinski definition) is 0. The molecule has 0 aliphatic rings. The smallest absolute Gasteiger partial charge is 0.182 e. The molecule has 0 heterocycles. The average molecular weight is 440 g/mol. The molecule has 3 aromatic rings. The van der Waals surface area contributed by atoms with E-state index >= 15 is 0 Å². The van der Waals surface area contributed by atoms with Crippen LogP contribution in [0.3, 0.4) is 0 Å². The van der Waals surface area contributed by atoms with Crippen molar-refractivity contribution in [3.8, 4) is 0 Å². The molecule has 0 fully saturated rings. The van der Waals surface area contributed by atoms with E-state index in [9.17, 15) is 8.42 Å². The van der Waals surface area contributed by atoms with E-state index in [1.807, 2.05) is 48.5 Å². The van der Waals surface area contributed by atoms with Gasteiger partial charge in [0.25, 0.3) is 0 Å². The second-order valence-corrected chi connectivity index (χ2v) is 8.86. The lowest BCUT2D eigenvalue weighted by molar-refractivity contribution is 0.595. The van der Waals surface area contributed by atoms with Crippen molar-refractivity contribution in [1.29, 1.82) is 0 Å². The average Bonchev–Trinajstić information content (AvgIpc) is 2.49. The summed E-state index contributed by atoms with van der Waals surface area (Å²) in [6, 6.07) is 18.4. The molecule has 112 valence electrons. The van der Waals surface area contributed by atoms with Crippen LogP contribution in [-0.2, 0) is 15.6 Å². The van der Waals surface area contributed by atoms with Gasteiger partial charge in [0.15, 0.2) is 9.84 Å². The first-order valence-electron chi connectivity index (χ1n) is 6.61. The van der Waals surface area contributed by atoms with Crippen LogP contribution in [0.4, 0.5) is 0 Å². The molecule has 0 saturated carbocycles. The van der Waals surface area contributed by atoms with E-state index in [2.05, 4.69) is 31.9 Å². The highest BCUT2D eigenvalue weighted by Crippen LogP contribution is 2.25. The predicted molar refractivity (Wildman–Crippen MR) is 96.7 cm³/mol. The summed E-state index contributed by atoms with van der Waals surface area (Å²) >= 11 is 6.77. The molecule has 0 bridgehead atoms. The van der Waals surface area contributed by atoms with E-state index in [-0.39, 0.29) is 5.75 Å². The zero-order valence-corrected chi connectivity index (χ0v) is 15.4. The third kappa shape index (κ3) is 3.42. The van der Waals surface area contributed by atoms with Crippen LogP contribution in [0.5, 0.6) is 0 Å². The zero-order valence-electron chi connectivity index (χ0n) is 11.5. The Morgan fingerprint density at radius 3 is 2.05 bits per heavy atom. The van der Waals surface area contributed by atoms with E-state index in [0.29, 0.717) is 4.90 Å². The first kappa shape index (κ1) is 15.7. The molecule has 0 aromatic heterocycles. The summed E-state index contributed by atoms with van der Waals surface area (Å²) in [5.74, 6) is 0.00230. The van der Waals surface area contributed by atoms with Crippen LogP contribution in [-0.4, -0.2) is 8.42 Å². The summed E-state index contributed by atoms with van der Waals surface area (Å²) in [6.07, 6.45) is 0. The van der Waals surface area contributed by atoms with Crippen molar-refractivity contribution in [3.63, 3.8) is 0 Å². The van der Waals surface area contributed by atoms with Crippen molar-refractivity contribution in [1.82, 2.24) is 0 Å². The Kier molecular flexibility index (Phi) is 4.39. The molecule has 5 heteroatoms. The summed E-state index contributed by atoms with van der Waals surface area (Å²) in [5, 5.41) is 1.93. The molecule has 0 atom stereocenters. The Morgan fingerprint density at radius 2 is 1.32 bits per heavy atom. The minimum absolute atomic E-state index is 0.00230. The molecule has 0 aliphatic heterocycles. The van der Waals surface area contributed by atoms with Crippen LogP contribution >= 0.6 is 31.9 Å². The number of rotatable bonds is 3.